The molecule has 0 fully saturated rings. The van der Waals surface area contributed by atoms with Crippen molar-refractivity contribution in [1.82, 2.24) is 4.90 Å². The highest BCUT2D eigenvalue weighted by molar-refractivity contribution is 5.92. The molecule has 1 rings (SSSR count). The first-order valence-corrected chi connectivity index (χ1v) is 8.63. The van der Waals surface area contributed by atoms with Crippen LogP contribution in [0.4, 0.5) is 0 Å². The normalized spacial score (nSPS) is 11.7. The Morgan fingerprint density at radius 1 is 1.31 bits per heavy atom. The van der Waals surface area contributed by atoms with E-state index in [1.165, 1.54) is 18.1 Å². The summed E-state index contributed by atoms with van der Waals surface area (Å²) in [5.41, 5.74) is 0.0316. The van der Waals surface area contributed by atoms with Gasteiger partial charge in [-0.1, -0.05) is 12.1 Å². The van der Waals surface area contributed by atoms with Crippen molar-refractivity contribution in [3.8, 4) is 5.75 Å². The van der Waals surface area contributed by atoms with E-state index in [9.17, 15) is 14.7 Å². The number of aliphatic hydroxyl groups is 1. The Labute approximate surface area is 155 Å². The van der Waals surface area contributed by atoms with Crippen molar-refractivity contribution >= 4 is 18.0 Å². The molecule has 0 aliphatic heterocycles. The summed E-state index contributed by atoms with van der Waals surface area (Å²) in [6.07, 6.45) is 3.25. The van der Waals surface area contributed by atoms with E-state index in [0.717, 1.165) is 11.3 Å². The third kappa shape index (κ3) is 6.88. The number of rotatable bonds is 9. The Kier molecular flexibility index (Phi) is 8.32. The van der Waals surface area contributed by atoms with Crippen LogP contribution in [0.15, 0.2) is 30.3 Å². The first-order valence-electron chi connectivity index (χ1n) is 8.63. The van der Waals surface area contributed by atoms with E-state index in [2.05, 4.69) is 4.74 Å². The molecule has 144 valence electrons. The van der Waals surface area contributed by atoms with Gasteiger partial charge in [0.05, 0.1) is 31.8 Å². The van der Waals surface area contributed by atoms with Crippen molar-refractivity contribution in [1.29, 1.82) is 0 Å². The molecule has 0 atom stereocenters. The van der Waals surface area contributed by atoms with Crippen LogP contribution in [0.2, 0.25) is 0 Å². The summed E-state index contributed by atoms with van der Waals surface area (Å²) in [5, 5.41) is 9.59. The number of hydrogen-bond donors (Lipinski definition) is 1. The average molecular weight is 363 g/mol. The van der Waals surface area contributed by atoms with E-state index in [4.69, 9.17) is 4.74 Å². The molecule has 0 aromatic heterocycles. The molecule has 26 heavy (non-hydrogen) atoms. The van der Waals surface area contributed by atoms with Gasteiger partial charge >= 0.3 is 5.97 Å². The van der Waals surface area contributed by atoms with Gasteiger partial charge in [-0.25, -0.2) is 0 Å². The Morgan fingerprint density at radius 3 is 2.58 bits per heavy atom. The number of hydrogen-bond acceptors (Lipinski definition) is 5. The smallest absolute Gasteiger partial charge is 0.307 e. The number of nitrogens with zero attached hydrogens (tertiary/aromatic N) is 1. The molecular formula is C20H29NO5. The molecular weight excluding hydrogens is 334 g/mol. The molecule has 0 heterocycles. The second-order valence-corrected chi connectivity index (χ2v) is 6.86. The van der Waals surface area contributed by atoms with E-state index >= 15 is 0 Å². The lowest BCUT2D eigenvalue weighted by molar-refractivity contribution is -0.142. The molecule has 0 bridgehead atoms. The number of benzene rings is 1. The Morgan fingerprint density at radius 2 is 2.00 bits per heavy atom. The maximum absolute atomic E-state index is 12.6. The molecule has 0 radical (unpaired) electrons. The molecule has 0 saturated heterocycles. The van der Waals surface area contributed by atoms with E-state index < -0.39 is 11.5 Å². The van der Waals surface area contributed by atoms with Crippen molar-refractivity contribution in [2.75, 3.05) is 20.3 Å². The summed E-state index contributed by atoms with van der Waals surface area (Å²) in [6, 6.07) is 7.43. The van der Waals surface area contributed by atoms with Gasteiger partial charge in [0.25, 0.3) is 0 Å². The number of esters is 1. The standard InChI is InChI=1S/C20H29NO5/c1-15(2)26-17-8-6-7-16(13-17)9-10-18(23)21(20(3,4)14-22)12-11-19(24)25-5/h6-10,13,15,22H,11-12,14H2,1-5H3/b10-9+. The van der Waals surface area contributed by atoms with Crippen molar-refractivity contribution in [3.05, 3.63) is 35.9 Å². The van der Waals surface area contributed by atoms with Crippen molar-refractivity contribution in [3.63, 3.8) is 0 Å². The first-order chi connectivity index (χ1) is 12.2. The average Bonchev–Trinajstić information content (AvgIpc) is 2.59. The minimum atomic E-state index is -0.794. The van der Waals surface area contributed by atoms with Crippen molar-refractivity contribution < 1.29 is 24.2 Å². The summed E-state index contributed by atoms with van der Waals surface area (Å²) in [6.45, 7) is 7.33. The summed E-state index contributed by atoms with van der Waals surface area (Å²) >= 11 is 0. The molecule has 1 amide bonds. The molecule has 1 aromatic rings. The van der Waals surface area contributed by atoms with E-state index in [-0.39, 0.29) is 31.6 Å². The molecule has 1 N–H and O–H groups in total. The molecule has 0 spiro atoms. The number of ether oxygens (including phenoxy) is 2. The molecule has 0 saturated carbocycles. The van der Waals surface area contributed by atoms with Crippen LogP contribution in [0, 0.1) is 0 Å². The lowest BCUT2D eigenvalue weighted by Crippen LogP contribution is -2.50. The van der Waals surface area contributed by atoms with Crippen LogP contribution in [-0.4, -0.2) is 53.8 Å². The van der Waals surface area contributed by atoms with Gasteiger partial charge in [0.1, 0.15) is 5.75 Å². The lowest BCUT2D eigenvalue weighted by atomic mass is 10.0. The minimum Gasteiger partial charge on any atom is -0.491 e. The highest BCUT2D eigenvalue weighted by atomic mass is 16.5. The zero-order chi connectivity index (χ0) is 19.7. The van der Waals surface area contributed by atoms with E-state index in [1.807, 2.05) is 38.1 Å². The quantitative estimate of drug-likeness (QED) is 0.539. The lowest BCUT2D eigenvalue weighted by Gasteiger charge is -2.36. The minimum absolute atomic E-state index is 0.0648. The Bertz CT molecular complexity index is 637. The topological polar surface area (TPSA) is 76.1 Å². The summed E-state index contributed by atoms with van der Waals surface area (Å²) in [4.78, 5) is 25.5. The van der Waals surface area contributed by atoms with Gasteiger partial charge in [0, 0.05) is 12.6 Å². The van der Waals surface area contributed by atoms with Crippen LogP contribution in [0.3, 0.4) is 0 Å². The highest BCUT2D eigenvalue weighted by Gasteiger charge is 2.29. The van der Waals surface area contributed by atoms with Crippen molar-refractivity contribution in [2.45, 2.75) is 45.8 Å². The predicted molar refractivity (Wildman–Crippen MR) is 101 cm³/mol. The van der Waals surface area contributed by atoms with Crippen LogP contribution in [0.25, 0.3) is 6.08 Å². The third-order valence-corrected chi connectivity index (χ3v) is 3.80. The number of aliphatic hydroxyl groups excluding tert-OH is 1. The van der Waals surface area contributed by atoms with Crippen LogP contribution in [0.5, 0.6) is 5.75 Å². The van der Waals surface area contributed by atoms with E-state index in [0.29, 0.717) is 0 Å². The fraction of sp³-hybridized carbons (Fsp3) is 0.500. The Balaban J connectivity index is 2.91. The molecule has 1 aromatic carbocycles. The predicted octanol–water partition coefficient (Wildman–Crippen LogP) is 2.65. The second kappa shape index (κ2) is 9.97. The zero-order valence-corrected chi connectivity index (χ0v) is 16.2. The van der Waals surface area contributed by atoms with Gasteiger partial charge < -0.3 is 19.5 Å². The van der Waals surface area contributed by atoms with Gasteiger partial charge in [-0.15, -0.1) is 0 Å². The highest BCUT2D eigenvalue weighted by Crippen LogP contribution is 2.18. The largest absolute Gasteiger partial charge is 0.491 e. The first kappa shape index (κ1) is 21.7. The van der Waals surface area contributed by atoms with Gasteiger partial charge in [0.2, 0.25) is 5.91 Å². The molecule has 0 aliphatic carbocycles. The fourth-order valence-corrected chi connectivity index (χ4v) is 2.32. The molecule has 6 heteroatoms. The van der Waals surface area contributed by atoms with Crippen LogP contribution >= 0.6 is 0 Å². The summed E-state index contributed by atoms with van der Waals surface area (Å²) < 4.78 is 10.3. The summed E-state index contributed by atoms with van der Waals surface area (Å²) in [5.74, 6) is 0.0371. The van der Waals surface area contributed by atoms with Crippen LogP contribution in [-0.2, 0) is 14.3 Å². The Hall–Kier alpha value is -2.34. The third-order valence-electron chi connectivity index (χ3n) is 3.80. The van der Waals surface area contributed by atoms with E-state index in [1.54, 1.807) is 19.9 Å². The number of methoxy groups -OCH3 is 1. The monoisotopic (exact) mass is 363 g/mol. The maximum Gasteiger partial charge on any atom is 0.307 e. The maximum atomic E-state index is 12.6. The molecule has 0 unspecified atom stereocenters. The van der Waals surface area contributed by atoms with Gasteiger partial charge in [-0.3, -0.25) is 9.59 Å². The van der Waals surface area contributed by atoms with Crippen molar-refractivity contribution in [2.24, 2.45) is 0 Å². The zero-order valence-electron chi connectivity index (χ0n) is 16.2. The molecule has 0 aliphatic rings. The number of carbonyl (C=O) groups is 2. The fourth-order valence-electron chi connectivity index (χ4n) is 2.32. The number of carbonyl (C=O) groups excluding carboxylic acids is 2. The van der Waals surface area contributed by atoms with Gasteiger partial charge in [0.15, 0.2) is 0 Å². The van der Waals surface area contributed by atoms with Gasteiger partial charge in [-0.2, -0.15) is 0 Å². The summed E-state index contributed by atoms with van der Waals surface area (Å²) in [7, 11) is 1.30. The SMILES string of the molecule is COC(=O)CCN(C(=O)/C=C/c1cccc(OC(C)C)c1)C(C)(C)CO. The second-order valence-electron chi connectivity index (χ2n) is 6.86. The van der Waals surface area contributed by atoms with Crippen LogP contribution < -0.4 is 4.74 Å². The number of amides is 1. The van der Waals surface area contributed by atoms with Gasteiger partial charge in [-0.05, 0) is 51.5 Å². The van der Waals surface area contributed by atoms with Crippen LogP contribution in [0.1, 0.15) is 39.7 Å². The molecule has 6 nitrogen and oxygen atoms in total.